The first kappa shape index (κ1) is 9.21. The Hall–Kier alpha value is -1.36. The zero-order valence-electron chi connectivity index (χ0n) is 7.86. The number of aromatic nitrogens is 4. The molecule has 0 aliphatic carbocycles. The van der Waals surface area contributed by atoms with Crippen LogP contribution in [0.5, 0.6) is 5.88 Å². The predicted octanol–water partition coefficient (Wildman–Crippen LogP) is 1.42. The topological polar surface area (TPSA) is 52.8 Å². The number of hydrogen-bond acceptors (Lipinski definition) is 4. The number of hydrogen-bond donors (Lipinski definition) is 0. The maximum absolute atomic E-state index is 5.72. The number of ether oxygens (including phenoxy) is 1. The third-order valence-corrected chi connectivity index (χ3v) is 1.96. The molecule has 0 amide bonds. The van der Waals surface area contributed by atoms with E-state index in [9.17, 15) is 0 Å². The lowest BCUT2D eigenvalue weighted by Crippen LogP contribution is -1.99. The first-order valence-corrected chi connectivity index (χ1v) is 4.57. The molecule has 2 aromatic rings. The van der Waals surface area contributed by atoms with Crippen molar-refractivity contribution in [2.24, 2.45) is 7.05 Å². The van der Waals surface area contributed by atoms with Crippen molar-refractivity contribution in [3.05, 3.63) is 11.6 Å². The van der Waals surface area contributed by atoms with E-state index >= 15 is 0 Å². The molecule has 2 aromatic heterocycles. The first-order chi connectivity index (χ1) is 6.72. The largest absolute Gasteiger partial charge is 0.476 e. The Morgan fingerprint density at radius 2 is 2.29 bits per heavy atom. The van der Waals surface area contributed by atoms with Crippen LogP contribution in [0.4, 0.5) is 0 Å². The smallest absolute Gasteiger partial charge is 0.244 e. The lowest BCUT2D eigenvalue weighted by molar-refractivity contribution is 0.329. The van der Waals surface area contributed by atoms with Crippen molar-refractivity contribution < 1.29 is 4.74 Å². The molecule has 0 N–H and O–H groups in total. The second-order valence-corrected chi connectivity index (χ2v) is 3.10. The van der Waals surface area contributed by atoms with Gasteiger partial charge in [0.25, 0.3) is 0 Å². The van der Waals surface area contributed by atoms with E-state index < -0.39 is 0 Å². The highest BCUT2D eigenvalue weighted by atomic mass is 35.5. The second-order valence-electron chi connectivity index (χ2n) is 2.76. The Bertz CT molecular complexity index is 468. The van der Waals surface area contributed by atoms with Gasteiger partial charge in [-0.15, -0.1) is 0 Å². The van der Waals surface area contributed by atoms with E-state index in [2.05, 4.69) is 15.0 Å². The summed E-state index contributed by atoms with van der Waals surface area (Å²) in [4.78, 5) is 12.0. The molecule has 0 saturated heterocycles. The third-order valence-electron chi connectivity index (χ3n) is 1.79. The minimum absolute atomic E-state index is 0.152. The van der Waals surface area contributed by atoms with Gasteiger partial charge in [0.15, 0.2) is 11.2 Å². The van der Waals surface area contributed by atoms with Gasteiger partial charge in [-0.25, -0.2) is 4.98 Å². The molecule has 0 bridgehead atoms. The van der Waals surface area contributed by atoms with Crippen LogP contribution in [0.25, 0.3) is 11.2 Å². The Morgan fingerprint density at radius 1 is 1.50 bits per heavy atom. The fraction of sp³-hybridized carbons (Fsp3) is 0.375. The highest BCUT2D eigenvalue weighted by Gasteiger charge is 2.11. The summed E-state index contributed by atoms with van der Waals surface area (Å²) < 4.78 is 7.14. The maximum atomic E-state index is 5.72. The Morgan fingerprint density at radius 3 is 3.00 bits per heavy atom. The van der Waals surface area contributed by atoms with Gasteiger partial charge in [0, 0.05) is 7.05 Å². The Kier molecular flexibility index (Phi) is 2.25. The van der Waals surface area contributed by atoms with Gasteiger partial charge in [-0.3, -0.25) is 0 Å². The normalized spacial score (nSPS) is 10.8. The van der Waals surface area contributed by atoms with E-state index in [4.69, 9.17) is 16.3 Å². The van der Waals surface area contributed by atoms with Crippen LogP contribution < -0.4 is 4.74 Å². The zero-order valence-corrected chi connectivity index (χ0v) is 8.62. The summed E-state index contributed by atoms with van der Waals surface area (Å²) in [6.07, 6.45) is 1.65. The number of imidazole rings is 1. The number of fused-ring (bicyclic) bond motifs is 1. The Balaban J connectivity index is 2.70. The van der Waals surface area contributed by atoms with Gasteiger partial charge in [0.1, 0.15) is 0 Å². The van der Waals surface area contributed by atoms with Crippen LogP contribution in [0.1, 0.15) is 6.92 Å². The van der Waals surface area contributed by atoms with Crippen molar-refractivity contribution in [1.82, 2.24) is 19.5 Å². The van der Waals surface area contributed by atoms with Crippen LogP contribution >= 0.6 is 11.6 Å². The molecule has 14 heavy (non-hydrogen) atoms. The van der Waals surface area contributed by atoms with E-state index in [1.807, 2.05) is 14.0 Å². The molecule has 5 nitrogen and oxygen atoms in total. The van der Waals surface area contributed by atoms with Crippen LogP contribution in [-0.2, 0) is 7.05 Å². The maximum Gasteiger partial charge on any atom is 0.244 e. The molecule has 0 fully saturated rings. The van der Waals surface area contributed by atoms with Crippen LogP contribution in [0.2, 0.25) is 5.28 Å². The van der Waals surface area contributed by atoms with Gasteiger partial charge >= 0.3 is 0 Å². The van der Waals surface area contributed by atoms with Crippen molar-refractivity contribution in [3.63, 3.8) is 0 Å². The standard InChI is InChI=1S/C8H9ClN4O/c1-3-14-7-5-6(10-4-13(5)2)11-8(9)12-7/h4H,3H2,1-2H3. The number of aryl methyl sites for hydroxylation is 1. The average molecular weight is 213 g/mol. The van der Waals surface area contributed by atoms with E-state index in [1.165, 1.54) is 0 Å². The number of rotatable bonds is 2. The van der Waals surface area contributed by atoms with Gasteiger partial charge in [0.2, 0.25) is 11.2 Å². The molecular formula is C8H9ClN4O. The molecule has 2 heterocycles. The minimum atomic E-state index is 0.152. The van der Waals surface area contributed by atoms with Crippen molar-refractivity contribution in [1.29, 1.82) is 0 Å². The SMILES string of the molecule is CCOc1nc(Cl)nc2ncn(C)c12. The molecule has 0 saturated carbocycles. The van der Waals surface area contributed by atoms with Crippen molar-refractivity contribution in [2.45, 2.75) is 6.92 Å². The fourth-order valence-electron chi connectivity index (χ4n) is 1.23. The summed E-state index contributed by atoms with van der Waals surface area (Å²) in [5.41, 5.74) is 1.31. The summed E-state index contributed by atoms with van der Waals surface area (Å²) >= 11 is 5.72. The Labute approximate surface area is 85.7 Å². The molecule has 2 rings (SSSR count). The lowest BCUT2D eigenvalue weighted by atomic mass is 10.5. The van der Waals surface area contributed by atoms with Crippen molar-refractivity contribution >= 4 is 22.8 Å². The number of halogens is 1. The van der Waals surface area contributed by atoms with Crippen LogP contribution in [0, 0.1) is 0 Å². The highest BCUT2D eigenvalue weighted by Crippen LogP contribution is 2.22. The summed E-state index contributed by atoms with van der Waals surface area (Å²) in [6.45, 7) is 2.42. The molecule has 0 aliphatic heterocycles. The first-order valence-electron chi connectivity index (χ1n) is 4.19. The van der Waals surface area contributed by atoms with E-state index in [0.717, 1.165) is 5.52 Å². The molecule has 74 valence electrons. The summed E-state index contributed by atoms with van der Waals surface area (Å²) in [7, 11) is 1.86. The molecule has 0 aromatic carbocycles. The third kappa shape index (κ3) is 1.39. The van der Waals surface area contributed by atoms with Crippen LogP contribution in [0.3, 0.4) is 0 Å². The van der Waals surface area contributed by atoms with Crippen molar-refractivity contribution in [3.8, 4) is 5.88 Å². The second kappa shape index (κ2) is 3.42. The fourth-order valence-corrected chi connectivity index (χ4v) is 1.39. The van der Waals surface area contributed by atoms with Gasteiger partial charge in [0.05, 0.1) is 12.9 Å². The average Bonchev–Trinajstić information content (AvgIpc) is 2.48. The van der Waals surface area contributed by atoms with Gasteiger partial charge in [-0.1, -0.05) is 0 Å². The molecule has 0 unspecified atom stereocenters. The van der Waals surface area contributed by atoms with E-state index in [-0.39, 0.29) is 5.28 Å². The summed E-state index contributed by atoms with van der Waals surface area (Å²) in [5, 5.41) is 0.152. The lowest BCUT2D eigenvalue weighted by Gasteiger charge is -2.04. The molecule has 0 atom stereocenters. The monoisotopic (exact) mass is 212 g/mol. The quantitative estimate of drug-likeness (QED) is 0.707. The summed E-state index contributed by atoms with van der Waals surface area (Å²) in [5.74, 6) is 0.475. The highest BCUT2D eigenvalue weighted by molar-refractivity contribution is 6.28. The zero-order chi connectivity index (χ0) is 10.1. The van der Waals surface area contributed by atoms with Crippen LogP contribution in [-0.4, -0.2) is 26.1 Å². The van der Waals surface area contributed by atoms with Crippen molar-refractivity contribution in [2.75, 3.05) is 6.61 Å². The molecule has 6 heteroatoms. The summed E-state index contributed by atoms with van der Waals surface area (Å²) in [6, 6.07) is 0. The van der Waals surface area contributed by atoms with Gasteiger partial charge in [-0.05, 0) is 18.5 Å². The predicted molar refractivity (Wildman–Crippen MR) is 52.5 cm³/mol. The molecule has 0 radical (unpaired) electrons. The van der Waals surface area contributed by atoms with Crippen LogP contribution in [0.15, 0.2) is 6.33 Å². The molecule has 0 spiro atoms. The van der Waals surface area contributed by atoms with E-state index in [0.29, 0.717) is 18.1 Å². The molecular weight excluding hydrogens is 204 g/mol. The molecule has 0 aliphatic rings. The van der Waals surface area contributed by atoms with E-state index in [1.54, 1.807) is 10.9 Å². The van der Waals surface area contributed by atoms with Gasteiger partial charge in [-0.2, -0.15) is 9.97 Å². The minimum Gasteiger partial charge on any atom is -0.476 e. The number of nitrogens with zero attached hydrogens (tertiary/aromatic N) is 4. The van der Waals surface area contributed by atoms with Gasteiger partial charge < -0.3 is 9.30 Å².